The van der Waals surface area contributed by atoms with Crippen LogP contribution in [0.25, 0.3) is 0 Å². The average Bonchev–Trinajstić information content (AvgIpc) is 3.30. The van der Waals surface area contributed by atoms with Crippen LogP contribution in [-0.2, 0) is 16.4 Å². The summed E-state index contributed by atoms with van der Waals surface area (Å²) in [5, 5.41) is 0.387. The van der Waals surface area contributed by atoms with Crippen molar-refractivity contribution in [3.8, 4) is 5.75 Å². The number of carbonyl (C=O) groups excluding carboxylic acids is 1. The predicted octanol–water partition coefficient (Wildman–Crippen LogP) is 4.18. The Balaban J connectivity index is 1.40. The van der Waals surface area contributed by atoms with Gasteiger partial charge in [0.1, 0.15) is 12.4 Å². The van der Waals surface area contributed by atoms with Crippen molar-refractivity contribution in [2.45, 2.75) is 17.9 Å². The number of hydrogen-bond acceptors (Lipinski definition) is 5. The molecule has 0 unspecified atom stereocenters. The number of ether oxygens (including phenoxy) is 1. The smallest absolute Gasteiger partial charge is 0.279 e. The molecule has 2 fully saturated rings. The summed E-state index contributed by atoms with van der Waals surface area (Å²) in [6.45, 7) is 0.459. The number of rotatable bonds is 5. The van der Waals surface area contributed by atoms with Gasteiger partial charge in [0, 0.05) is 16.5 Å². The Morgan fingerprint density at radius 2 is 1.61 bits per heavy atom. The Bertz CT molecular complexity index is 1280. The van der Waals surface area contributed by atoms with E-state index >= 15 is 0 Å². The van der Waals surface area contributed by atoms with Crippen molar-refractivity contribution < 1.29 is 17.9 Å². The van der Waals surface area contributed by atoms with Gasteiger partial charge >= 0.3 is 0 Å². The van der Waals surface area contributed by atoms with E-state index in [-0.39, 0.29) is 28.7 Å². The Morgan fingerprint density at radius 3 is 2.30 bits per heavy atom. The van der Waals surface area contributed by atoms with Crippen molar-refractivity contribution in [1.82, 2.24) is 0 Å². The van der Waals surface area contributed by atoms with Crippen molar-refractivity contribution >= 4 is 38.4 Å². The number of sulfone groups is 1. The number of thioether (sulfide) groups is 1. The fraction of sp³-hybridized carbons (Fsp3) is 0.200. The lowest BCUT2D eigenvalue weighted by molar-refractivity contribution is 0.100. The number of amides is 1. The summed E-state index contributed by atoms with van der Waals surface area (Å²) in [4.78, 5) is 19.0. The molecule has 6 nitrogen and oxygen atoms in total. The Labute approximate surface area is 197 Å². The zero-order valence-electron chi connectivity index (χ0n) is 17.7. The van der Waals surface area contributed by atoms with Gasteiger partial charge in [-0.1, -0.05) is 60.3 Å². The second-order valence-corrected chi connectivity index (χ2v) is 11.4. The van der Waals surface area contributed by atoms with Gasteiger partial charge in [0.05, 0.1) is 17.5 Å². The lowest BCUT2D eigenvalue weighted by atomic mass is 10.2. The molecule has 2 heterocycles. The van der Waals surface area contributed by atoms with Crippen LogP contribution in [0.15, 0.2) is 89.9 Å². The standard InChI is InChI=1S/C25H22N2O4S2/c28-24(19-9-5-2-6-10-19)26-25-27(22-16-33(29,30)17-23(22)32-25)20-11-13-21(14-12-20)31-15-18-7-3-1-4-8-18/h1-14,22-23H,15-17H2/t22-,23-/m1/s1. The monoisotopic (exact) mass is 478 g/mol. The van der Waals surface area contributed by atoms with Crippen molar-refractivity contribution in [2.75, 3.05) is 16.4 Å². The summed E-state index contributed by atoms with van der Waals surface area (Å²) in [5.74, 6) is 0.517. The number of fused-ring (bicyclic) bond motifs is 1. The number of nitrogens with zero attached hydrogens (tertiary/aromatic N) is 2. The van der Waals surface area contributed by atoms with Crippen molar-refractivity contribution in [1.29, 1.82) is 0 Å². The summed E-state index contributed by atoms with van der Waals surface area (Å²) in [5.41, 5.74) is 2.36. The third kappa shape index (κ3) is 4.82. The van der Waals surface area contributed by atoms with Gasteiger partial charge in [0.25, 0.3) is 5.91 Å². The normalized spacial score (nSPS) is 22.3. The minimum absolute atomic E-state index is 0.0511. The van der Waals surface area contributed by atoms with Crippen LogP contribution in [0.4, 0.5) is 5.69 Å². The molecular weight excluding hydrogens is 456 g/mol. The maximum absolute atomic E-state index is 12.7. The molecule has 168 valence electrons. The minimum atomic E-state index is -3.13. The highest BCUT2D eigenvalue weighted by atomic mass is 32.2. The van der Waals surface area contributed by atoms with E-state index in [1.807, 2.05) is 65.6 Å². The Kier molecular flexibility index (Phi) is 5.95. The second-order valence-electron chi connectivity index (χ2n) is 8.00. The highest BCUT2D eigenvalue weighted by Crippen LogP contribution is 2.41. The minimum Gasteiger partial charge on any atom is -0.489 e. The van der Waals surface area contributed by atoms with E-state index in [0.29, 0.717) is 23.1 Å². The average molecular weight is 479 g/mol. The summed E-state index contributed by atoms with van der Waals surface area (Å²) < 4.78 is 30.4. The summed E-state index contributed by atoms with van der Waals surface area (Å²) in [6, 6.07) is 26.0. The van der Waals surface area contributed by atoms with Crippen molar-refractivity contribution in [3.63, 3.8) is 0 Å². The quantitative estimate of drug-likeness (QED) is 0.548. The Hall–Kier alpha value is -3.10. The third-order valence-corrected chi connectivity index (χ3v) is 8.86. The molecule has 2 atom stereocenters. The van der Waals surface area contributed by atoms with E-state index < -0.39 is 9.84 Å². The number of aliphatic imine (C=N–C) groups is 1. The molecule has 0 radical (unpaired) electrons. The van der Waals surface area contributed by atoms with Gasteiger partial charge in [-0.2, -0.15) is 4.99 Å². The van der Waals surface area contributed by atoms with E-state index in [2.05, 4.69) is 4.99 Å². The van der Waals surface area contributed by atoms with Gasteiger partial charge in [0.15, 0.2) is 15.0 Å². The lowest BCUT2D eigenvalue weighted by Crippen LogP contribution is -2.37. The molecule has 0 bridgehead atoms. The Morgan fingerprint density at radius 1 is 0.939 bits per heavy atom. The zero-order valence-corrected chi connectivity index (χ0v) is 19.3. The largest absolute Gasteiger partial charge is 0.489 e. The molecule has 0 aliphatic carbocycles. The first kappa shape index (κ1) is 21.7. The molecule has 33 heavy (non-hydrogen) atoms. The molecular formula is C25H22N2O4S2. The van der Waals surface area contributed by atoms with Crippen molar-refractivity contribution in [3.05, 3.63) is 96.1 Å². The van der Waals surface area contributed by atoms with Gasteiger partial charge < -0.3 is 9.64 Å². The molecule has 8 heteroatoms. The van der Waals surface area contributed by atoms with E-state index in [4.69, 9.17) is 4.74 Å². The molecule has 3 aromatic rings. The third-order valence-electron chi connectivity index (χ3n) is 5.65. The van der Waals surface area contributed by atoms with Crippen LogP contribution in [-0.4, -0.2) is 42.3 Å². The number of amidine groups is 1. The maximum atomic E-state index is 12.7. The second kappa shape index (κ2) is 9.03. The van der Waals surface area contributed by atoms with Crippen LogP contribution < -0.4 is 9.64 Å². The number of benzene rings is 3. The molecule has 2 aliphatic rings. The van der Waals surface area contributed by atoms with Crippen molar-refractivity contribution in [2.24, 2.45) is 4.99 Å². The van der Waals surface area contributed by atoms with Crippen LogP contribution in [0.5, 0.6) is 5.75 Å². The van der Waals surface area contributed by atoms with Crippen LogP contribution in [0.3, 0.4) is 0 Å². The van der Waals surface area contributed by atoms with Crippen LogP contribution in [0, 0.1) is 0 Å². The molecule has 3 aromatic carbocycles. The predicted molar refractivity (Wildman–Crippen MR) is 132 cm³/mol. The highest BCUT2D eigenvalue weighted by Gasteiger charge is 2.49. The summed E-state index contributed by atoms with van der Waals surface area (Å²) in [7, 11) is -3.13. The molecule has 0 saturated carbocycles. The zero-order chi connectivity index (χ0) is 22.8. The first-order chi connectivity index (χ1) is 16.0. The fourth-order valence-electron chi connectivity index (χ4n) is 4.04. The molecule has 0 N–H and O–H groups in total. The number of anilines is 1. The first-order valence-corrected chi connectivity index (χ1v) is 13.3. The van der Waals surface area contributed by atoms with Crippen LogP contribution >= 0.6 is 11.8 Å². The molecule has 0 aromatic heterocycles. The van der Waals surface area contributed by atoms with E-state index in [9.17, 15) is 13.2 Å². The topological polar surface area (TPSA) is 76.0 Å². The SMILES string of the molecule is O=C(N=C1S[C@@H]2CS(=O)(=O)C[C@H]2N1c1ccc(OCc2ccccc2)cc1)c1ccccc1. The van der Waals surface area contributed by atoms with Gasteiger partial charge in [-0.3, -0.25) is 4.79 Å². The molecule has 2 saturated heterocycles. The molecule has 1 amide bonds. The maximum Gasteiger partial charge on any atom is 0.279 e. The molecule has 5 rings (SSSR count). The van der Waals surface area contributed by atoms with E-state index in [1.54, 1.807) is 24.3 Å². The summed E-state index contributed by atoms with van der Waals surface area (Å²) in [6.07, 6.45) is 0. The van der Waals surface area contributed by atoms with Gasteiger partial charge in [-0.15, -0.1) is 0 Å². The fourth-order valence-corrected chi connectivity index (χ4v) is 7.95. The van der Waals surface area contributed by atoms with E-state index in [0.717, 1.165) is 11.3 Å². The number of hydrogen-bond donors (Lipinski definition) is 0. The van der Waals surface area contributed by atoms with E-state index in [1.165, 1.54) is 11.8 Å². The van der Waals surface area contributed by atoms with Gasteiger partial charge in [-0.05, 0) is 42.0 Å². The number of carbonyl (C=O) groups is 1. The van der Waals surface area contributed by atoms with Crippen LogP contribution in [0.2, 0.25) is 0 Å². The lowest BCUT2D eigenvalue weighted by Gasteiger charge is -2.24. The molecule has 0 spiro atoms. The van der Waals surface area contributed by atoms with Gasteiger partial charge in [0.2, 0.25) is 0 Å². The summed E-state index contributed by atoms with van der Waals surface area (Å²) >= 11 is 1.37. The highest BCUT2D eigenvalue weighted by molar-refractivity contribution is 8.16. The first-order valence-electron chi connectivity index (χ1n) is 10.6. The molecule has 2 aliphatic heterocycles. The van der Waals surface area contributed by atoms with Crippen LogP contribution in [0.1, 0.15) is 15.9 Å². The van der Waals surface area contributed by atoms with Gasteiger partial charge in [-0.25, -0.2) is 8.42 Å².